The Morgan fingerprint density at radius 2 is 1.89 bits per heavy atom. The molecule has 1 fully saturated rings. The summed E-state index contributed by atoms with van der Waals surface area (Å²) in [6, 6.07) is -0.230. The van der Waals surface area contributed by atoms with Crippen LogP contribution in [0.4, 0.5) is 0 Å². The molecule has 100 valence electrons. The van der Waals surface area contributed by atoms with Gasteiger partial charge in [0.15, 0.2) is 0 Å². The van der Waals surface area contributed by atoms with E-state index in [2.05, 4.69) is 18.5 Å². The van der Waals surface area contributed by atoms with Gasteiger partial charge in [0.25, 0.3) is 0 Å². The first-order chi connectivity index (χ1) is 8.60. The highest BCUT2D eigenvalue weighted by Crippen LogP contribution is 2.26. The normalized spacial score (nSPS) is 22.7. The van der Waals surface area contributed by atoms with Crippen molar-refractivity contribution >= 4 is 11.9 Å². The zero-order valence-electron chi connectivity index (χ0n) is 10.6. The van der Waals surface area contributed by atoms with Crippen molar-refractivity contribution in [1.82, 2.24) is 5.32 Å². The van der Waals surface area contributed by atoms with Crippen molar-refractivity contribution in [3.63, 3.8) is 0 Å². The minimum absolute atomic E-state index is 0.0899. The number of hydrogen-bond acceptors (Lipinski definition) is 2. The third-order valence-electron chi connectivity index (χ3n) is 3.43. The molecule has 0 radical (unpaired) electrons. The van der Waals surface area contributed by atoms with Crippen LogP contribution in [0.1, 0.15) is 32.1 Å². The van der Waals surface area contributed by atoms with Crippen molar-refractivity contribution in [2.24, 2.45) is 11.8 Å². The van der Waals surface area contributed by atoms with Crippen LogP contribution in [0.2, 0.25) is 0 Å². The van der Waals surface area contributed by atoms with Crippen LogP contribution in [0.3, 0.4) is 0 Å². The lowest BCUT2D eigenvalue weighted by molar-refractivity contribution is -0.142. The number of carboxylic acids is 1. The van der Waals surface area contributed by atoms with Gasteiger partial charge in [-0.05, 0) is 25.7 Å². The largest absolute Gasteiger partial charge is 0.481 e. The second kappa shape index (κ2) is 6.99. The lowest BCUT2D eigenvalue weighted by Gasteiger charge is -2.21. The molecule has 0 saturated heterocycles. The minimum atomic E-state index is -0.818. The number of carbonyl (C=O) groups is 2. The Kier molecular flexibility index (Phi) is 5.62. The molecule has 0 aromatic carbocycles. The Morgan fingerprint density at radius 1 is 1.28 bits per heavy atom. The Labute approximate surface area is 108 Å². The lowest BCUT2D eigenvalue weighted by atomic mass is 9.98. The average Bonchev–Trinajstić information content (AvgIpc) is 2.77. The molecule has 1 aliphatic rings. The van der Waals surface area contributed by atoms with E-state index in [-0.39, 0.29) is 17.9 Å². The van der Waals surface area contributed by atoms with E-state index in [1.165, 1.54) is 0 Å². The number of aliphatic carboxylic acids is 1. The third-order valence-corrected chi connectivity index (χ3v) is 3.43. The van der Waals surface area contributed by atoms with Gasteiger partial charge in [-0.2, -0.15) is 0 Å². The Hall–Kier alpha value is -1.58. The summed E-state index contributed by atoms with van der Waals surface area (Å²) in [5, 5.41) is 11.9. The van der Waals surface area contributed by atoms with Gasteiger partial charge in [-0.15, -0.1) is 13.2 Å². The predicted octanol–water partition coefficient (Wildman–Crippen LogP) is 2.12. The van der Waals surface area contributed by atoms with Crippen LogP contribution in [-0.4, -0.2) is 23.0 Å². The smallest absolute Gasteiger partial charge is 0.308 e. The van der Waals surface area contributed by atoms with Crippen molar-refractivity contribution in [2.45, 2.75) is 38.1 Å². The zero-order valence-corrected chi connectivity index (χ0v) is 10.6. The van der Waals surface area contributed by atoms with Gasteiger partial charge in [0.1, 0.15) is 0 Å². The maximum atomic E-state index is 12.0. The second-order valence-electron chi connectivity index (χ2n) is 4.74. The van der Waals surface area contributed by atoms with E-state index >= 15 is 0 Å². The number of carbonyl (C=O) groups excluding carboxylic acids is 1. The van der Waals surface area contributed by atoms with Gasteiger partial charge >= 0.3 is 5.97 Å². The lowest BCUT2D eigenvalue weighted by Crippen LogP contribution is -2.42. The highest BCUT2D eigenvalue weighted by molar-refractivity contribution is 5.80. The van der Waals surface area contributed by atoms with Crippen LogP contribution in [0.5, 0.6) is 0 Å². The molecule has 1 saturated carbocycles. The number of nitrogens with one attached hydrogen (secondary N) is 1. The van der Waals surface area contributed by atoms with Crippen LogP contribution in [0.25, 0.3) is 0 Å². The Morgan fingerprint density at radius 3 is 2.39 bits per heavy atom. The molecule has 0 spiro atoms. The van der Waals surface area contributed by atoms with Gasteiger partial charge in [-0.25, -0.2) is 0 Å². The summed E-state index contributed by atoms with van der Waals surface area (Å²) >= 11 is 0. The van der Waals surface area contributed by atoms with E-state index in [1.54, 1.807) is 12.2 Å². The summed E-state index contributed by atoms with van der Waals surface area (Å²) in [5.41, 5.74) is 0. The molecule has 0 bridgehead atoms. The highest BCUT2D eigenvalue weighted by Gasteiger charge is 2.34. The molecule has 1 amide bonds. The molecule has 1 aliphatic carbocycles. The van der Waals surface area contributed by atoms with Crippen molar-refractivity contribution in [1.29, 1.82) is 0 Å². The molecule has 2 atom stereocenters. The van der Waals surface area contributed by atoms with Gasteiger partial charge in [-0.1, -0.05) is 18.6 Å². The molecule has 0 unspecified atom stereocenters. The molecule has 0 aromatic heterocycles. The molecule has 0 aliphatic heterocycles. The molecule has 0 aromatic rings. The number of carboxylic acid groups (broad SMARTS) is 1. The summed E-state index contributed by atoms with van der Waals surface area (Å²) in [6.07, 6.45) is 6.83. The van der Waals surface area contributed by atoms with Crippen molar-refractivity contribution < 1.29 is 14.7 Å². The fourth-order valence-corrected chi connectivity index (χ4v) is 2.44. The summed E-state index contributed by atoms with van der Waals surface area (Å²) in [6.45, 7) is 7.26. The summed E-state index contributed by atoms with van der Waals surface area (Å²) in [5.74, 6) is -1.54. The first-order valence-electron chi connectivity index (χ1n) is 6.35. The Balaban J connectivity index is 2.58. The van der Waals surface area contributed by atoms with E-state index in [0.29, 0.717) is 19.3 Å². The molecule has 4 nitrogen and oxygen atoms in total. The first kappa shape index (κ1) is 14.5. The fourth-order valence-electron chi connectivity index (χ4n) is 2.44. The van der Waals surface area contributed by atoms with Crippen LogP contribution in [0, 0.1) is 11.8 Å². The average molecular weight is 251 g/mol. The molecule has 18 heavy (non-hydrogen) atoms. The molecule has 4 heteroatoms. The van der Waals surface area contributed by atoms with Crippen molar-refractivity contribution in [2.75, 3.05) is 0 Å². The fraction of sp³-hybridized carbons (Fsp3) is 0.571. The van der Waals surface area contributed by atoms with Gasteiger partial charge in [0.2, 0.25) is 5.91 Å². The molecular formula is C14H21NO3. The quantitative estimate of drug-likeness (QED) is 0.681. The first-order valence-corrected chi connectivity index (χ1v) is 6.35. The standard InChI is InChI=1S/C14H21NO3/c1-3-6-10(7-4-2)13(16)15-12-9-5-8-11(12)14(17)18/h3-4,10-12H,1-2,5-9H2,(H,15,16)(H,17,18)/t11-,12+/m1/s1. The third kappa shape index (κ3) is 3.72. The van der Waals surface area contributed by atoms with Crippen molar-refractivity contribution in [3.8, 4) is 0 Å². The summed E-state index contributed by atoms with van der Waals surface area (Å²) < 4.78 is 0. The molecular weight excluding hydrogens is 230 g/mol. The number of allylic oxidation sites excluding steroid dienone is 2. The van der Waals surface area contributed by atoms with Gasteiger partial charge < -0.3 is 10.4 Å². The number of rotatable bonds is 7. The van der Waals surface area contributed by atoms with E-state index < -0.39 is 11.9 Å². The van der Waals surface area contributed by atoms with Gasteiger partial charge in [0.05, 0.1) is 5.92 Å². The van der Waals surface area contributed by atoms with Gasteiger partial charge in [-0.3, -0.25) is 9.59 Å². The topological polar surface area (TPSA) is 66.4 Å². The maximum Gasteiger partial charge on any atom is 0.308 e. The highest BCUT2D eigenvalue weighted by atomic mass is 16.4. The van der Waals surface area contributed by atoms with Crippen LogP contribution in [0.15, 0.2) is 25.3 Å². The van der Waals surface area contributed by atoms with E-state index in [9.17, 15) is 9.59 Å². The second-order valence-corrected chi connectivity index (χ2v) is 4.74. The zero-order chi connectivity index (χ0) is 13.5. The summed E-state index contributed by atoms with van der Waals surface area (Å²) in [4.78, 5) is 23.1. The number of amides is 1. The van der Waals surface area contributed by atoms with E-state index in [1.807, 2.05) is 0 Å². The Bertz CT molecular complexity index is 328. The van der Waals surface area contributed by atoms with E-state index in [4.69, 9.17) is 5.11 Å². The summed E-state index contributed by atoms with van der Waals surface area (Å²) in [7, 11) is 0. The number of hydrogen-bond donors (Lipinski definition) is 2. The monoisotopic (exact) mass is 251 g/mol. The maximum absolute atomic E-state index is 12.0. The SMILES string of the molecule is C=CCC(CC=C)C(=O)N[C@H]1CCC[C@H]1C(=O)O. The van der Waals surface area contributed by atoms with Gasteiger partial charge in [0, 0.05) is 12.0 Å². The molecule has 0 heterocycles. The van der Waals surface area contributed by atoms with Crippen LogP contribution < -0.4 is 5.32 Å². The van der Waals surface area contributed by atoms with Crippen molar-refractivity contribution in [3.05, 3.63) is 25.3 Å². The predicted molar refractivity (Wildman–Crippen MR) is 70.0 cm³/mol. The molecule has 1 rings (SSSR count). The minimum Gasteiger partial charge on any atom is -0.481 e. The molecule has 2 N–H and O–H groups in total. The van der Waals surface area contributed by atoms with E-state index in [0.717, 1.165) is 12.8 Å². The van der Waals surface area contributed by atoms with Crippen LogP contribution >= 0.6 is 0 Å². The van der Waals surface area contributed by atoms with Crippen LogP contribution in [-0.2, 0) is 9.59 Å².